The molecule has 0 unspecified atom stereocenters. The lowest BCUT2D eigenvalue weighted by Gasteiger charge is -2.26. The molecule has 1 heterocycles. The quantitative estimate of drug-likeness (QED) is 0.565. The van der Waals surface area contributed by atoms with Crippen LogP contribution >= 0.6 is 11.8 Å². The van der Waals surface area contributed by atoms with Crippen molar-refractivity contribution >= 4 is 39.4 Å². The first-order valence-corrected chi connectivity index (χ1v) is 8.82. The van der Waals surface area contributed by atoms with Crippen LogP contribution in [0.4, 0.5) is 0 Å². The van der Waals surface area contributed by atoms with Crippen molar-refractivity contribution < 1.29 is 27.9 Å². The summed E-state index contributed by atoms with van der Waals surface area (Å²) in [5.74, 6) is -2.39. The van der Waals surface area contributed by atoms with Gasteiger partial charge in [0.2, 0.25) is 11.8 Å². The number of thioether (sulfide) groups is 1. The highest BCUT2D eigenvalue weighted by Gasteiger charge is 2.28. The molecule has 0 atom stereocenters. The van der Waals surface area contributed by atoms with Gasteiger partial charge in [-0.3, -0.25) is 14.4 Å². The van der Waals surface area contributed by atoms with Crippen molar-refractivity contribution in [3.05, 3.63) is 0 Å². The zero-order valence-electron chi connectivity index (χ0n) is 10.7. The molecule has 2 amide bonds. The molecule has 0 aromatic carbocycles. The monoisotopic (exact) mass is 324 g/mol. The van der Waals surface area contributed by atoms with Crippen molar-refractivity contribution in [1.29, 1.82) is 0 Å². The fraction of sp³-hybridized carbons (Fsp3) is 0.700. The van der Waals surface area contributed by atoms with Gasteiger partial charge in [-0.15, -0.1) is 11.8 Å². The van der Waals surface area contributed by atoms with Crippen molar-refractivity contribution in [3.63, 3.8) is 0 Å². The topological polar surface area (TPSA) is 121 Å². The third-order valence-electron chi connectivity index (χ3n) is 2.53. The zero-order chi connectivity index (χ0) is 15.2. The van der Waals surface area contributed by atoms with Gasteiger partial charge in [0, 0.05) is 19.6 Å². The molecule has 0 bridgehead atoms. The number of carboxylic acid groups (broad SMARTS) is 1. The third-order valence-corrected chi connectivity index (χ3v) is 4.94. The van der Waals surface area contributed by atoms with E-state index in [0.717, 1.165) is 11.8 Å². The van der Waals surface area contributed by atoms with Crippen LogP contribution in [0.25, 0.3) is 0 Å². The number of carbonyl (C=O) groups excluding carboxylic acids is 2. The number of sulfone groups is 1. The molecule has 114 valence electrons. The minimum Gasteiger partial charge on any atom is -0.481 e. The lowest BCUT2D eigenvalue weighted by molar-refractivity contribution is -0.134. The molecular weight excluding hydrogens is 308 g/mol. The maximum atomic E-state index is 11.5. The number of aliphatic carboxylic acids is 1. The molecule has 0 aromatic heterocycles. The van der Waals surface area contributed by atoms with Gasteiger partial charge >= 0.3 is 5.97 Å². The molecule has 10 heteroatoms. The Morgan fingerprint density at radius 2 is 2.05 bits per heavy atom. The molecule has 1 aliphatic rings. The summed E-state index contributed by atoms with van der Waals surface area (Å²) in [5.41, 5.74) is 0. The highest BCUT2D eigenvalue weighted by molar-refractivity contribution is 8.00. The molecule has 2 N–H and O–H groups in total. The fourth-order valence-corrected chi connectivity index (χ4v) is 3.34. The number of carbonyl (C=O) groups is 3. The van der Waals surface area contributed by atoms with E-state index in [4.69, 9.17) is 5.11 Å². The minimum atomic E-state index is -3.26. The van der Waals surface area contributed by atoms with Crippen LogP contribution in [0, 0.1) is 0 Å². The molecule has 0 spiro atoms. The molecule has 1 rings (SSSR count). The van der Waals surface area contributed by atoms with Gasteiger partial charge in [-0.05, 0) is 0 Å². The number of nitrogens with one attached hydrogen (secondary N) is 1. The number of carboxylic acids is 1. The van der Waals surface area contributed by atoms with Gasteiger partial charge in [-0.1, -0.05) is 0 Å². The Labute approximate surface area is 120 Å². The summed E-state index contributed by atoms with van der Waals surface area (Å²) in [5, 5.41) is 10.9. The van der Waals surface area contributed by atoms with Crippen molar-refractivity contribution in [3.8, 4) is 0 Å². The van der Waals surface area contributed by atoms with Crippen LogP contribution in [0.1, 0.15) is 0 Å². The summed E-state index contributed by atoms with van der Waals surface area (Å²) in [4.78, 5) is 34.5. The molecule has 1 aliphatic heterocycles. The molecule has 0 aromatic rings. The van der Waals surface area contributed by atoms with Gasteiger partial charge < -0.3 is 15.3 Å². The standard InChI is InChI=1S/C10H16N2O6S2/c13-8(5-19-6-10(15)16)11-1-2-12-3-4-20(17,18)7-9(12)14/h1-7H2,(H,11,13)(H,15,16). The summed E-state index contributed by atoms with van der Waals surface area (Å²) in [6.07, 6.45) is 0. The van der Waals surface area contributed by atoms with Crippen molar-refractivity contribution in [2.75, 3.05) is 42.6 Å². The number of hydrogen-bond acceptors (Lipinski definition) is 6. The number of rotatable bonds is 7. The van der Waals surface area contributed by atoms with E-state index >= 15 is 0 Å². The molecule has 1 fully saturated rings. The molecule has 0 saturated carbocycles. The normalized spacial score (nSPS) is 17.8. The predicted molar refractivity (Wildman–Crippen MR) is 73.2 cm³/mol. The lowest BCUT2D eigenvalue weighted by Crippen LogP contribution is -2.47. The Morgan fingerprint density at radius 1 is 1.35 bits per heavy atom. The van der Waals surface area contributed by atoms with E-state index in [9.17, 15) is 22.8 Å². The highest BCUT2D eigenvalue weighted by Crippen LogP contribution is 2.04. The van der Waals surface area contributed by atoms with Gasteiger partial charge in [0.25, 0.3) is 0 Å². The lowest BCUT2D eigenvalue weighted by atomic mass is 10.4. The van der Waals surface area contributed by atoms with Crippen molar-refractivity contribution in [1.82, 2.24) is 10.2 Å². The first kappa shape index (κ1) is 16.8. The largest absolute Gasteiger partial charge is 0.481 e. The van der Waals surface area contributed by atoms with Gasteiger partial charge in [0.15, 0.2) is 9.84 Å². The van der Waals surface area contributed by atoms with E-state index in [1.54, 1.807) is 0 Å². The number of amides is 2. The Hall–Kier alpha value is -1.29. The molecule has 20 heavy (non-hydrogen) atoms. The maximum absolute atomic E-state index is 11.5. The fourth-order valence-electron chi connectivity index (χ4n) is 1.57. The summed E-state index contributed by atoms with van der Waals surface area (Å²) < 4.78 is 22.4. The van der Waals surface area contributed by atoms with Gasteiger partial charge in [0.1, 0.15) is 5.75 Å². The summed E-state index contributed by atoms with van der Waals surface area (Å²) in [6, 6.07) is 0. The average Bonchev–Trinajstić information content (AvgIpc) is 2.30. The van der Waals surface area contributed by atoms with Crippen LogP contribution in [-0.2, 0) is 24.2 Å². The maximum Gasteiger partial charge on any atom is 0.313 e. The van der Waals surface area contributed by atoms with Crippen LogP contribution in [0.2, 0.25) is 0 Å². The molecule has 8 nitrogen and oxygen atoms in total. The predicted octanol–water partition coefficient (Wildman–Crippen LogP) is -1.82. The number of hydrogen-bond donors (Lipinski definition) is 2. The van der Waals surface area contributed by atoms with E-state index in [0.29, 0.717) is 0 Å². The second-order valence-corrected chi connectivity index (χ2v) is 7.38. The second-order valence-electron chi connectivity index (χ2n) is 4.21. The summed E-state index contributed by atoms with van der Waals surface area (Å²) in [7, 11) is -3.26. The molecule has 1 saturated heterocycles. The van der Waals surface area contributed by atoms with Crippen molar-refractivity contribution in [2.45, 2.75) is 0 Å². The molecule has 0 aliphatic carbocycles. The van der Waals surface area contributed by atoms with Crippen LogP contribution < -0.4 is 5.32 Å². The SMILES string of the molecule is O=C(O)CSCC(=O)NCCN1CCS(=O)(=O)CC1=O. The van der Waals surface area contributed by atoms with E-state index < -0.39 is 27.5 Å². The first-order chi connectivity index (χ1) is 9.30. The molecular formula is C10H16N2O6S2. The zero-order valence-corrected chi connectivity index (χ0v) is 12.3. The van der Waals surface area contributed by atoms with E-state index in [1.807, 2.05) is 0 Å². The average molecular weight is 324 g/mol. The van der Waals surface area contributed by atoms with Gasteiger partial charge in [0.05, 0.1) is 17.3 Å². The Balaban J connectivity index is 2.19. The van der Waals surface area contributed by atoms with E-state index in [2.05, 4.69) is 5.32 Å². The van der Waals surface area contributed by atoms with Gasteiger partial charge in [-0.2, -0.15) is 0 Å². The first-order valence-electron chi connectivity index (χ1n) is 5.84. The summed E-state index contributed by atoms with van der Waals surface area (Å²) >= 11 is 0.984. The van der Waals surface area contributed by atoms with Crippen molar-refractivity contribution in [2.24, 2.45) is 0 Å². The third kappa shape index (κ3) is 6.24. The smallest absolute Gasteiger partial charge is 0.313 e. The molecule has 0 radical (unpaired) electrons. The second kappa shape index (κ2) is 7.48. The number of nitrogens with zero attached hydrogens (tertiary/aromatic N) is 1. The van der Waals surface area contributed by atoms with Crippen LogP contribution in [-0.4, -0.2) is 78.9 Å². The highest BCUT2D eigenvalue weighted by atomic mass is 32.2. The van der Waals surface area contributed by atoms with Gasteiger partial charge in [-0.25, -0.2) is 8.42 Å². The van der Waals surface area contributed by atoms with Crippen LogP contribution in [0.3, 0.4) is 0 Å². The Kier molecular flexibility index (Phi) is 6.27. The van der Waals surface area contributed by atoms with Crippen LogP contribution in [0.15, 0.2) is 0 Å². The minimum absolute atomic E-state index is 0.0363. The Morgan fingerprint density at radius 3 is 2.65 bits per heavy atom. The summed E-state index contributed by atoms with van der Waals surface area (Å²) in [6.45, 7) is 0.618. The Bertz CT molecular complexity index is 490. The van der Waals surface area contributed by atoms with Crippen LogP contribution in [0.5, 0.6) is 0 Å². The van der Waals surface area contributed by atoms with E-state index in [-0.39, 0.29) is 42.8 Å². The van der Waals surface area contributed by atoms with E-state index in [1.165, 1.54) is 4.90 Å².